The zero-order valence-corrected chi connectivity index (χ0v) is 18.3. The Morgan fingerprint density at radius 1 is 1.27 bits per heavy atom. The van der Waals surface area contributed by atoms with E-state index >= 15 is 0 Å². The molecule has 33 heavy (non-hydrogen) atoms. The van der Waals surface area contributed by atoms with E-state index in [2.05, 4.69) is 10.6 Å². The van der Waals surface area contributed by atoms with E-state index < -0.39 is 18.2 Å². The third-order valence-corrected chi connectivity index (χ3v) is 4.56. The van der Waals surface area contributed by atoms with Gasteiger partial charge >= 0.3 is 12.1 Å². The highest BCUT2D eigenvalue weighted by Gasteiger charge is 2.38. The molecule has 11 heteroatoms. The first-order valence-corrected chi connectivity index (χ1v) is 10.5. The van der Waals surface area contributed by atoms with E-state index in [0.717, 1.165) is 25.9 Å². The Balaban J connectivity index is 0.000000675. The summed E-state index contributed by atoms with van der Waals surface area (Å²) in [4.78, 5) is 33.0. The molecule has 1 unspecified atom stereocenters. The average Bonchev–Trinajstić information content (AvgIpc) is 2.76. The maximum Gasteiger partial charge on any atom is 0.490 e. The lowest BCUT2D eigenvalue weighted by Crippen LogP contribution is -2.43. The summed E-state index contributed by atoms with van der Waals surface area (Å²) in [5.41, 5.74) is 6.83. The molecule has 2 amide bonds. The van der Waals surface area contributed by atoms with E-state index in [9.17, 15) is 22.8 Å². The summed E-state index contributed by atoms with van der Waals surface area (Å²) in [5.74, 6) is -3.15. The lowest BCUT2D eigenvalue weighted by Gasteiger charge is -2.22. The summed E-state index contributed by atoms with van der Waals surface area (Å²) in [6.07, 6.45) is 1.52. The highest BCUT2D eigenvalue weighted by Crippen LogP contribution is 2.13. The second-order valence-corrected chi connectivity index (χ2v) is 7.51. The van der Waals surface area contributed by atoms with Crippen molar-refractivity contribution in [1.29, 1.82) is 0 Å². The number of hydrogen-bond donors (Lipinski definition) is 4. The fourth-order valence-corrected chi connectivity index (χ4v) is 2.80. The predicted octanol–water partition coefficient (Wildman–Crippen LogP) is 1.94. The van der Waals surface area contributed by atoms with Gasteiger partial charge in [0.1, 0.15) is 0 Å². The first kappa shape index (κ1) is 28.1. The van der Waals surface area contributed by atoms with E-state index in [1.54, 1.807) is 13.0 Å². The van der Waals surface area contributed by atoms with Crippen LogP contribution in [0.1, 0.15) is 31.7 Å². The minimum Gasteiger partial charge on any atom is -0.475 e. The van der Waals surface area contributed by atoms with E-state index in [0.29, 0.717) is 13.0 Å². The van der Waals surface area contributed by atoms with Crippen molar-refractivity contribution in [3.63, 3.8) is 0 Å². The Morgan fingerprint density at radius 3 is 2.42 bits per heavy atom. The van der Waals surface area contributed by atoms with Gasteiger partial charge in [-0.15, -0.1) is 0 Å². The molecule has 0 bridgehead atoms. The Hall–Kier alpha value is -2.92. The van der Waals surface area contributed by atoms with E-state index in [1.165, 1.54) is 11.6 Å². The van der Waals surface area contributed by atoms with Crippen molar-refractivity contribution in [2.75, 3.05) is 13.2 Å². The molecule has 1 fully saturated rings. The number of carbonyl (C=O) groups is 3. The molecule has 3 atom stereocenters. The first-order valence-electron chi connectivity index (χ1n) is 10.5. The molecule has 0 spiro atoms. The summed E-state index contributed by atoms with van der Waals surface area (Å²) in [6.45, 7) is 2.95. The van der Waals surface area contributed by atoms with Gasteiger partial charge in [0.2, 0.25) is 11.8 Å². The number of aryl methyl sites for hydroxylation is 1. The van der Waals surface area contributed by atoms with Crippen LogP contribution in [-0.2, 0) is 25.5 Å². The highest BCUT2D eigenvalue weighted by molar-refractivity contribution is 5.88. The SMILES string of the molecule is C[C@H](N)C(=O)N[C@H](/C=C/C(=O)NC1CCCOC1)CCc1ccccc1.O=C(O)C(F)(F)F. The van der Waals surface area contributed by atoms with Gasteiger partial charge in [-0.25, -0.2) is 4.79 Å². The number of benzene rings is 1. The van der Waals surface area contributed by atoms with E-state index in [1.807, 2.05) is 30.3 Å². The minimum absolute atomic E-state index is 0.0577. The number of rotatable bonds is 8. The number of nitrogens with one attached hydrogen (secondary N) is 2. The summed E-state index contributed by atoms with van der Waals surface area (Å²) in [6, 6.07) is 9.26. The average molecular weight is 473 g/mol. The van der Waals surface area contributed by atoms with Gasteiger partial charge in [0.05, 0.1) is 18.7 Å². The monoisotopic (exact) mass is 473 g/mol. The second-order valence-electron chi connectivity index (χ2n) is 7.51. The van der Waals surface area contributed by atoms with Crippen LogP contribution in [0.5, 0.6) is 0 Å². The van der Waals surface area contributed by atoms with Gasteiger partial charge in [0.25, 0.3) is 0 Å². The van der Waals surface area contributed by atoms with Crippen molar-refractivity contribution in [1.82, 2.24) is 10.6 Å². The molecule has 0 aromatic heterocycles. The lowest BCUT2D eigenvalue weighted by atomic mass is 10.0. The van der Waals surface area contributed by atoms with Gasteiger partial charge in [-0.3, -0.25) is 9.59 Å². The van der Waals surface area contributed by atoms with Crippen LogP contribution in [0.3, 0.4) is 0 Å². The van der Waals surface area contributed by atoms with Crippen molar-refractivity contribution in [2.24, 2.45) is 5.73 Å². The van der Waals surface area contributed by atoms with Crippen LogP contribution in [0.15, 0.2) is 42.5 Å². The number of hydrogen-bond acceptors (Lipinski definition) is 5. The molecule has 2 rings (SSSR count). The second kappa shape index (κ2) is 14.3. The third kappa shape index (κ3) is 12.6. The van der Waals surface area contributed by atoms with E-state index in [4.69, 9.17) is 20.4 Å². The molecule has 1 aliphatic rings. The molecule has 0 radical (unpaired) electrons. The molecule has 1 aromatic carbocycles. The van der Waals surface area contributed by atoms with Gasteiger partial charge in [0, 0.05) is 18.7 Å². The standard InChI is InChI=1S/C20H29N3O3.C2HF3O2/c1-15(21)20(25)23-17(10-9-16-6-3-2-4-7-16)11-12-19(24)22-18-8-5-13-26-14-18;3-2(4,5)1(6)7/h2-4,6-7,11-12,15,17-18H,5,8-10,13-14,21H2,1H3,(H,22,24)(H,23,25);(H,6,7)/b12-11+;/t15-,17-,18?;/m0./s1. The zero-order chi connectivity index (χ0) is 24.9. The van der Waals surface area contributed by atoms with Crippen molar-refractivity contribution < 1.29 is 37.4 Å². The van der Waals surface area contributed by atoms with Crippen molar-refractivity contribution in [2.45, 2.75) is 56.9 Å². The van der Waals surface area contributed by atoms with Crippen molar-refractivity contribution in [3.05, 3.63) is 48.0 Å². The van der Waals surface area contributed by atoms with Gasteiger partial charge in [-0.2, -0.15) is 13.2 Å². The number of alkyl halides is 3. The number of carboxylic acids is 1. The zero-order valence-electron chi connectivity index (χ0n) is 18.3. The maximum atomic E-state index is 12.1. The molecule has 0 aliphatic carbocycles. The van der Waals surface area contributed by atoms with Crippen LogP contribution < -0.4 is 16.4 Å². The molecule has 5 N–H and O–H groups in total. The third-order valence-electron chi connectivity index (χ3n) is 4.56. The van der Waals surface area contributed by atoms with E-state index in [-0.39, 0.29) is 23.9 Å². The first-order chi connectivity index (χ1) is 15.5. The normalized spacial score (nSPS) is 17.9. The minimum atomic E-state index is -5.08. The Labute approximate surface area is 190 Å². The molecule has 0 saturated carbocycles. The van der Waals surface area contributed by atoms with Gasteiger partial charge in [0.15, 0.2) is 0 Å². The molecular weight excluding hydrogens is 443 g/mol. The lowest BCUT2D eigenvalue weighted by molar-refractivity contribution is -0.192. The molecule has 1 aromatic rings. The fraction of sp³-hybridized carbons (Fsp3) is 0.500. The summed E-state index contributed by atoms with van der Waals surface area (Å²) in [5, 5.41) is 13.0. The summed E-state index contributed by atoms with van der Waals surface area (Å²) >= 11 is 0. The van der Waals surface area contributed by atoms with Gasteiger partial charge < -0.3 is 26.2 Å². The molecular formula is C22H30F3N3O5. The van der Waals surface area contributed by atoms with Crippen LogP contribution >= 0.6 is 0 Å². The number of ether oxygens (including phenoxy) is 1. The number of halogens is 3. The molecule has 1 aliphatic heterocycles. The molecule has 1 heterocycles. The Kier molecular flexibility index (Phi) is 12.2. The topological polar surface area (TPSA) is 131 Å². The van der Waals surface area contributed by atoms with Gasteiger partial charge in [-0.05, 0) is 38.2 Å². The molecule has 8 nitrogen and oxygen atoms in total. The maximum absolute atomic E-state index is 12.1. The Morgan fingerprint density at radius 2 is 1.91 bits per heavy atom. The highest BCUT2D eigenvalue weighted by atomic mass is 19.4. The van der Waals surface area contributed by atoms with Crippen LogP contribution in [0.25, 0.3) is 0 Å². The predicted molar refractivity (Wildman–Crippen MR) is 115 cm³/mol. The van der Waals surface area contributed by atoms with Crippen LogP contribution in [0.2, 0.25) is 0 Å². The fourth-order valence-electron chi connectivity index (χ4n) is 2.80. The number of nitrogens with two attached hydrogens (primary N) is 1. The quantitative estimate of drug-likeness (QED) is 0.427. The summed E-state index contributed by atoms with van der Waals surface area (Å²) < 4.78 is 37.1. The number of carbonyl (C=O) groups excluding carboxylic acids is 2. The largest absolute Gasteiger partial charge is 0.490 e. The Bertz CT molecular complexity index is 779. The number of amides is 2. The number of aliphatic carboxylic acids is 1. The summed E-state index contributed by atoms with van der Waals surface area (Å²) in [7, 11) is 0. The molecule has 184 valence electrons. The van der Waals surface area contributed by atoms with Crippen molar-refractivity contribution >= 4 is 17.8 Å². The van der Waals surface area contributed by atoms with Crippen LogP contribution in [0, 0.1) is 0 Å². The van der Waals surface area contributed by atoms with Crippen LogP contribution in [0.4, 0.5) is 13.2 Å². The molecule has 1 saturated heterocycles. The van der Waals surface area contributed by atoms with Gasteiger partial charge in [-0.1, -0.05) is 36.4 Å². The number of carboxylic acid groups (broad SMARTS) is 1. The van der Waals surface area contributed by atoms with Crippen LogP contribution in [-0.4, -0.2) is 60.4 Å². The van der Waals surface area contributed by atoms with Crippen molar-refractivity contribution in [3.8, 4) is 0 Å². The smallest absolute Gasteiger partial charge is 0.475 e.